The lowest BCUT2D eigenvalue weighted by molar-refractivity contribution is -0.137. The van der Waals surface area contributed by atoms with Crippen molar-refractivity contribution in [2.24, 2.45) is 0 Å². The SMILES string of the molecule is C=CC(=O)OCCCC[Si](OC)(OC)c1ccccc1. The Morgan fingerprint density at radius 2 is 1.85 bits per heavy atom. The molecule has 5 heteroatoms. The van der Waals surface area contributed by atoms with Crippen molar-refractivity contribution < 1.29 is 18.4 Å². The number of ether oxygens (including phenoxy) is 1. The van der Waals surface area contributed by atoms with Gasteiger partial charge in [0.05, 0.1) is 6.61 Å². The van der Waals surface area contributed by atoms with Crippen molar-refractivity contribution in [2.45, 2.75) is 18.9 Å². The van der Waals surface area contributed by atoms with Crippen LogP contribution in [0.5, 0.6) is 0 Å². The minimum absolute atomic E-state index is 0.380. The smallest absolute Gasteiger partial charge is 0.371 e. The molecule has 0 saturated carbocycles. The van der Waals surface area contributed by atoms with E-state index in [-0.39, 0.29) is 5.97 Å². The molecule has 1 aromatic rings. The number of carbonyl (C=O) groups excluding carboxylic acids is 1. The molecule has 0 saturated heterocycles. The highest BCUT2D eigenvalue weighted by Crippen LogP contribution is 2.16. The molecule has 1 rings (SSSR count). The summed E-state index contributed by atoms with van der Waals surface area (Å²) in [6.07, 6.45) is 2.84. The number of hydrogen-bond donors (Lipinski definition) is 0. The molecule has 0 aliphatic heterocycles. The monoisotopic (exact) mass is 294 g/mol. The molecule has 0 N–H and O–H groups in total. The van der Waals surface area contributed by atoms with Crippen molar-refractivity contribution >= 4 is 19.7 Å². The average Bonchev–Trinajstić information content (AvgIpc) is 2.52. The number of hydrogen-bond acceptors (Lipinski definition) is 4. The Balaban J connectivity index is 2.51. The lowest BCUT2D eigenvalue weighted by Gasteiger charge is -2.27. The third-order valence-electron chi connectivity index (χ3n) is 3.18. The minimum Gasteiger partial charge on any atom is -0.463 e. The van der Waals surface area contributed by atoms with Crippen LogP contribution in [0.3, 0.4) is 0 Å². The molecule has 0 radical (unpaired) electrons. The third kappa shape index (κ3) is 4.59. The van der Waals surface area contributed by atoms with Crippen LogP contribution in [0.4, 0.5) is 0 Å². The molecule has 0 aliphatic rings. The van der Waals surface area contributed by atoms with E-state index in [0.717, 1.165) is 24.1 Å². The van der Waals surface area contributed by atoms with Crippen LogP contribution in [0.25, 0.3) is 0 Å². The van der Waals surface area contributed by atoms with Crippen LogP contribution in [0, 0.1) is 0 Å². The van der Waals surface area contributed by atoms with E-state index >= 15 is 0 Å². The highest BCUT2D eigenvalue weighted by Gasteiger charge is 2.37. The molecule has 0 aromatic heterocycles. The van der Waals surface area contributed by atoms with Crippen LogP contribution < -0.4 is 5.19 Å². The molecule has 20 heavy (non-hydrogen) atoms. The first-order valence-electron chi connectivity index (χ1n) is 6.63. The van der Waals surface area contributed by atoms with Gasteiger partial charge in [-0.25, -0.2) is 4.79 Å². The summed E-state index contributed by atoms with van der Waals surface area (Å²) < 4.78 is 16.4. The fourth-order valence-corrected chi connectivity index (χ4v) is 4.80. The van der Waals surface area contributed by atoms with E-state index in [2.05, 4.69) is 6.58 Å². The van der Waals surface area contributed by atoms with E-state index in [0.29, 0.717) is 6.61 Å². The highest BCUT2D eigenvalue weighted by molar-refractivity contribution is 6.81. The average molecular weight is 294 g/mol. The van der Waals surface area contributed by atoms with E-state index < -0.39 is 8.56 Å². The Labute approximate surface area is 121 Å². The zero-order chi connectivity index (χ0) is 14.8. The molecule has 0 spiro atoms. The second-order valence-corrected chi connectivity index (χ2v) is 7.76. The van der Waals surface area contributed by atoms with E-state index in [4.69, 9.17) is 13.6 Å². The van der Waals surface area contributed by atoms with Gasteiger partial charge in [0.25, 0.3) is 0 Å². The lowest BCUT2D eigenvalue weighted by Crippen LogP contribution is -2.52. The molecule has 1 aromatic carbocycles. The maximum atomic E-state index is 10.9. The Bertz CT molecular complexity index is 415. The second-order valence-electron chi connectivity index (χ2n) is 4.36. The Kier molecular flexibility index (Phi) is 7.21. The van der Waals surface area contributed by atoms with Crippen molar-refractivity contribution in [3.05, 3.63) is 43.0 Å². The van der Waals surface area contributed by atoms with Crippen LogP contribution in [0.1, 0.15) is 12.8 Å². The second kappa shape index (κ2) is 8.68. The van der Waals surface area contributed by atoms with Gasteiger partial charge in [-0.3, -0.25) is 0 Å². The van der Waals surface area contributed by atoms with Gasteiger partial charge in [-0.1, -0.05) is 36.9 Å². The Morgan fingerprint density at radius 3 is 2.40 bits per heavy atom. The first kappa shape index (κ1) is 16.6. The number of unbranched alkanes of at least 4 members (excludes halogenated alkanes) is 1. The minimum atomic E-state index is -2.37. The zero-order valence-electron chi connectivity index (χ0n) is 12.1. The Morgan fingerprint density at radius 1 is 1.20 bits per heavy atom. The maximum absolute atomic E-state index is 10.9. The molecule has 0 unspecified atom stereocenters. The maximum Gasteiger partial charge on any atom is 0.371 e. The van der Waals surface area contributed by atoms with Crippen molar-refractivity contribution in [3.8, 4) is 0 Å². The van der Waals surface area contributed by atoms with Crippen LogP contribution in [0.15, 0.2) is 43.0 Å². The molecule has 0 bridgehead atoms. The predicted octanol–water partition coefficient (Wildman–Crippen LogP) is 2.14. The molecule has 110 valence electrons. The third-order valence-corrected chi connectivity index (χ3v) is 6.73. The van der Waals surface area contributed by atoms with Gasteiger partial charge in [0, 0.05) is 20.3 Å². The quantitative estimate of drug-likeness (QED) is 0.303. The van der Waals surface area contributed by atoms with Crippen LogP contribution in [0.2, 0.25) is 6.04 Å². The molecular weight excluding hydrogens is 272 g/mol. The summed E-state index contributed by atoms with van der Waals surface area (Å²) in [7, 11) is 1.02. The van der Waals surface area contributed by atoms with Gasteiger partial charge >= 0.3 is 14.5 Å². The highest BCUT2D eigenvalue weighted by atomic mass is 28.4. The molecule has 4 nitrogen and oxygen atoms in total. The van der Waals surface area contributed by atoms with Gasteiger partial charge in [0.2, 0.25) is 0 Å². The molecule has 0 aliphatic carbocycles. The summed E-state index contributed by atoms with van der Waals surface area (Å²) >= 11 is 0. The molecule has 0 atom stereocenters. The first-order chi connectivity index (χ1) is 9.68. The van der Waals surface area contributed by atoms with Gasteiger partial charge in [-0.05, 0) is 24.1 Å². The van der Waals surface area contributed by atoms with Gasteiger partial charge in [-0.2, -0.15) is 0 Å². The summed E-state index contributed by atoms with van der Waals surface area (Å²) in [5, 5.41) is 1.12. The summed E-state index contributed by atoms with van der Waals surface area (Å²) in [6.45, 7) is 3.76. The van der Waals surface area contributed by atoms with Gasteiger partial charge < -0.3 is 13.6 Å². The fraction of sp³-hybridized carbons (Fsp3) is 0.400. The Hall–Kier alpha value is -1.43. The van der Waals surface area contributed by atoms with E-state index in [9.17, 15) is 4.79 Å². The first-order valence-corrected chi connectivity index (χ1v) is 8.66. The van der Waals surface area contributed by atoms with Gasteiger partial charge in [0.15, 0.2) is 0 Å². The normalized spacial score (nSPS) is 11.1. The molecular formula is C15H22O4Si. The van der Waals surface area contributed by atoms with Crippen LogP contribution in [-0.2, 0) is 18.4 Å². The van der Waals surface area contributed by atoms with Crippen molar-refractivity contribution in [3.63, 3.8) is 0 Å². The fourth-order valence-electron chi connectivity index (χ4n) is 2.05. The summed E-state index contributed by atoms with van der Waals surface area (Å²) in [5.74, 6) is -0.380. The van der Waals surface area contributed by atoms with Crippen LogP contribution >= 0.6 is 0 Å². The molecule has 0 fully saturated rings. The molecule has 0 amide bonds. The number of esters is 1. The van der Waals surface area contributed by atoms with E-state index in [1.165, 1.54) is 6.08 Å². The summed E-state index contributed by atoms with van der Waals surface area (Å²) in [5.41, 5.74) is 0. The predicted molar refractivity (Wildman–Crippen MR) is 81.0 cm³/mol. The number of benzene rings is 1. The van der Waals surface area contributed by atoms with Gasteiger partial charge in [0.1, 0.15) is 0 Å². The van der Waals surface area contributed by atoms with Crippen molar-refractivity contribution in [1.29, 1.82) is 0 Å². The standard InChI is InChI=1S/C15H22O4Si/c1-4-15(16)19-12-8-9-13-20(17-2,18-3)14-10-6-5-7-11-14/h4-7,10-11H,1,8-9,12-13H2,2-3H3. The number of rotatable bonds is 9. The zero-order valence-corrected chi connectivity index (χ0v) is 13.1. The largest absolute Gasteiger partial charge is 0.463 e. The van der Waals surface area contributed by atoms with Gasteiger partial charge in [-0.15, -0.1) is 0 Å². The molecule has 0 heterocycles. The lowest BCUT2D eigenvalue weighted by atomic mass is 10.3. The summed E-state index contributed by atoms with van der Waals surface area (Å²) in [4.78, 5) is 10.9. The summed E-state index contributed by atoms with van der Waals surface area (Å²) in [6, 6.07) is 10.9. The van der Waals surface area contributed by atoms with Crippen LogP contribution in [-0.4, -0.2) is 35.4 Å². The van der Waals surface area contributed by atoms with Crippen molar-refractivity contribution in [2.75, 3.05) is 20.8 Å². The topological polar surface area (TPSA) is 44.8 Å². The van der Waals surface area contributed by atoms with E-state index in [1.54, 1.807) is 14.2 Å². The number of carbonyl (C=O) groups is 1. The van der Waals surface area contributed by atoms with E-state index in [1.807, 2.05) is 30.3 Å². The van der Waals surface area contributed by atoms with Crippen molar-refractivity contribution in [1.82, 2.24) is 0 Å².